The lowest BCUT2D eigenvalue weighted by Gasteiger charge is -2.20. The number of carbonyl (C=O) groups excluding carboxylic acids is 1. The number of benzene rings is 1. The van der Waals surface area contributed by atoms with Crippen molar-refractivity contribution >= 4 is 39.5 Å². The highest BCUT2D eigenvalue weighted by Crippen LogP contribution is 2.40. The van der Waals surface area contributed by atoms with Gasteiger partial charge >= 0.3 is 0 Å². The lowest BCUT2D eigenvalue weighted by Crippen LogP contribution is -2.19. The number of pyridine rings is 1. The van der Waals surface area contributed by atoms with E-state index in [4.69, 9.17) is 9.47 Å². The molecule has 1 aromatic carbocycles. The third-order valence-electron chi connectivity index (χ3n) is 4.95. The first-order valence-electron chi connectivity index (χ1n) is 9.12. The molecular weight excluding hydrogens is 362 g/mol. The first-order valence-corrected chi connectivity index (χ1v) is 10.0. The number of nitrogens with one attached hydrogen (secondary N) is 1. The fourth-order valence-electron chi connectivity index (χ4n) is 3.68. The molecule has 5 rings (SSSR count). The highest BCUT2D eigenvalue weighted by Gasteiger charge is 2.24. The molecule has 138 valence electrons. The Morgan fingerprint density at radius 3 is 2.89 bits per heavy atom. The normalized spacial score (nSPS) is 15.9. The lowest BCUT2D eigenvalue weighted by molar-refractivity contribution is 0.102. The van der Waals surface area contributed by atoms with Crippen LogP contribution >= 0.6 is 11.3 Å². The van der Waals surface area contributed by atoms with Crippen LogP contribution in [0, 0.1) is 0 Å². The van der Waals surface area contributed by atoms with Crippen LogP contribution in [0.15, 0.2) is 35.8 Å². The molecule has 6 nitrogen and oxygen atoms in total. The van der Waals surface area contributed by atoms with Gasteiger partial charge in [-0.15, -0.1) is 11.3 Å². The second-order valence-electron chi connectivity index (χ2n) is 6.64. The van der Waals surface area contributed by atoms with E-state index in [0.717, 1.165) is 35.4 Å². The van der Waals surface area contributed by atoms with Crippen molar-refractivity contribution in [3.8, 4) is 11.5 Å². The molecule has 2 aromatic heterocycles. The summed E-state index contributed by atoms with van der Waals surface area (Å²) in [7, 11) is 0. The van der Waals surface area contributed by atoms with Gasteiger partial charge in [-0.2, -0.15) is 0 Å². The fourth-order valence-corrected chi connectivity index (χ4v) is 4.50. The number of aromatic nitrogens is 1. The van der Waals surface area contributed by atoms with Crippen LogP contribution in [0.1, 0.15) is 22.5 Å². The number of thiophene rings is 1. The summed E-state index contributed by atoms with van der Waals surface area (Å²) in [5, 5.41) is 5.79. The summed E-state index contributed by atoms with van der Waals surface area (Å²) in [5.41, 5.74) is 2.81. The third kappa shape index (κ3) is 2.88. The molecule has 1 amide bonds. The van der Waals surface area contributed by atoms with Crippen LogP contribution in [0.4, 0.5) is 11.4 Å². The minimum Gasteiger partial charge on any atom is -0.485 e. The van der Waals surface area contributed by atoms with E-state index >= 15 is 0 Å². The highest BCUT2D eigenvalue weighted by atomic mass is 32.1. The number of rotatable bonds is 3. The van der Waals surface area contributed by atoms with Crippen molar-refractivity contribution in [2.45, 2.75) is 12.8 Å². The zero-order chi connectivity index (χ0) is 18.2. The smallest absolute Gasteiger partial charge is 0.269 e. The number of amides is 1. The van der Waals surface area contributed by atoms with Gasteiger partial charge in [0.25, 0.3) is 5.91 Å². The minimum atomic E-state index is -0.189. The van der Waals surface area contributed by atoms with Crippen LogP contribution in [0.5, 0.6) is 11.5 Å². The molecule has 1 fully saturated rings. The molecule has 0 atom stereocenters. The van der Waals surface area contributed by atoms with Gasteiger partial charge in [-0.25, -0.2) is 0 Å². The van der Waals surface area contributed by atoms with E-state index in [1.165, 1.54) is 24.2 Å². The van der Waals surface area contributed by atoms with E-state index in [1.54, 1.807) is 6.20 Å². The Labute approximate surface area is 160 Å². The average Bonchev–Trinajstić information content (AvgIpc) is 3.38. The quantitative estimate of drug-likeness (QED) is 0.745. The highest BCUT2D eigenvalue weighted by molar-refractivity contribution is 7.13. The Morgan fingerprint density at radius 1 is 1.15 bits per heavy atom. The van der Waals surface area contributed by atoms with E-state index in [1.807, 2.05) is 23.6 Å². The van der Waals surface area contributed by atoms with Gasteiger partial charge in [-0.1, -0.05) is 0 Å². The molecule has 0 aliphatic carbocycles. The minimum absolute atomic E-state index is 0.189. The number of ether oxygens (including phenoxy) is 2. The van der Waals surface area contributed by atoms with Crippen molar-refractivity contribution < 1.29 is 14.3 Å². The van der Waals surface area contributed by atoms with Crippen LogP contribution in [0.25, 0.3) is 10.9 Å². The first-order chi connectivity index (χ1) is 13.3. The number of hydrogen-bond donors (Lipinski definition) is 1. The molecule has 0 saturated carbocycles. The number of carbonyl (C=O) groups is 1. The second kappa shape index (κ2) is 6.74. The fraction of sp³-hybridized carbons (Fsp3) is 0.300. The van der Waals surface area contributed by atoms with Gasteiger partial charge in [-0.3, -0.25) is 9.78 Å². The zero-order valence-electron chi connectivity index (χ0n) is 14.7. The number of fused-ring (bicyclic) bond motifs is 2. The summed E-state index contributed by atoms with van der Waals surface area (Å²) < 4.78 is 11.2. The summed E-state index contributed by atoms with van der Waals surface area (Å²) in [6, 6.07) is 7.92. The molecule has 7 heteroatoms. The van der Waals surface area contributed by atoms with E-state index in [2.05, 4.69) is 21.3 Å². The van der Waals surface area contributed by atoms with Crippen molar-refractivity contribution in [1.29, 1.82) is 0 Å². The summed E-state index contributed by atoms with van der Waals surface area (Å²) in [4.78, 5) is 20.4. The van der Waals surface area contributed by atoms with Crippen molar-refractivity contribution in [3.63, 3.8) is 0 Å². The first kappa shape index (κ1) is 16.4. The number of hydrogen-bond acceptors (Lipinski definition) is 6. The standard InChI is InChI=1S/C20H19N3O3S/c24-20(19-18-16(12-27-19)25-10-11-26-18)22-14-5-6-15(23-8-1-2-9-23)17-13(14)4-3-7-21-17/h3-7,12H,1-2,8-11H2,(H,22,24). The molecule has 0 spiro atoms. The number of nitrogens with zero attached hydrogens (tertiary/aromatic N) is 2. The van der Waals surface area contributed by atoms with Crippen molar-refractivity contribution in [2.24, 2.45) is 0 Å². The van der Waals surface area contributed by atoms with Gasteiger partial charge in [0.2, 0.25) is 0 Å². The van der Waals surface area contributed by atoms with E-state index in [9.17, 15) is 4.79 Å². The van der Waals surface area contributed by atoms with E-state index < -0.39 is 0 Å². The van der Waals surface area contributed by atoms with Crippen LogP contribution in [-0.2, 0) is 0 Å². The lowest BCUT2D eigenvalue weighted by atomic mass is 10.1. The van der Waals surface area contributed by atoms with Gasteiger partial charge in [-0.05, 0) is 37.1 Å². The maximum Gasteiger partial charge on any atom is 0.269 e. The monoisotopic (exact) mass is 381 g/mol. The van der Waals surface area contributed by atoms with Gasteiger partial charge in [0, 0.05) is 30.1 Å². The predicted octanol–water partition coefficient (Wildman–Crippen LogP) is 3.92. The van der Waals surface area contributed by atoms with E-state index in [0.29, 0.717) is 29.6 Å². The molecule has 0 radical (unpaired) electrons. The van der Waals surface area contributed by atoms with E-state index in [-0.39, 0.29) is 5.91 Å². The molecule has 2 aliphatic rings. The van der Waals surface area contributed by atoms with Crippen LogP contribution in [-0.4, -0.2) is 37.2 Å². The van der Waals surface area contributed by atoms with Crippen molar-refractivity contribution in [2.75, 3.05) is 36.5 Å². The molecule has 4 heterocycles. The molecule has 0 bridgehead atoms. The van der Waals surface area contributed by atoms with Crippen LogP contribution in [0.3, 0.4) is 0 Å². The second-order valence-corrected chi connectivity index (χ2v) is 7.51. The molecule has 1 saturated heterocycles. The Hall–Kier alpha value is -2.80. The largest absolute Gasteiger partial charge is 0.485 e. The predicted molar refractivity (Wildman–Crippen MR) is 106 cm³/mol. The Kier molecular flexibility index (Phi) is 4.09. The van der Waals surface area contributed by atoms with Gasteiger partial charge in [0.1, 0.15) is 18.1 Å². The van der Waals surface area contributed by atoms with Gasteiger partial charge < -0.3 is 19.7 Å². The molecule has 1 N–H and O–H groups in total. The maximum atomic E-state index is 12.9. The Morgan fingerprint density at radius 2 is 2.00 bits per heavy atom. The maximum absolute atomic E-state index is 12.9. The molecule has 27 heavy (non-hydrogen) atoms. The molecular formula is C20H19N3O3S. The molecule has 3 aromatic rings. The summed E-state index contributed by atoms with van der Waals surface area (Å²) in [5.74, 6) is 0.998. The Balaban J connectivity index is 1.49. The number of anilines is 2. The summed E-state index contributed by atoms with van der Waals surface area (Å²) in [6.45, 7) is 3.08. The molecule has 2 aliphatic heterocycles. The third-order valence-corrected chi connectivity index (χ3v) is 5.89. The van der Waals surface area contributed by atoms with Gasteiger partial charge in [0.05, 0.1) is 16.9 Å². The summed E-state index contributed by atoms with van der Waals surface area (Å²) in [6.07, 6.45) is 4.21. The SMILES string of the molecule is O=C(Nc1ccc(N2CCCC2)c2ncccc12)c1scc2c1OCCO2. The van der Waals surface area contributed by atoms with Crippen molar-refractivity contribution in [3.05, 3.63) is 40.7 Å². The topological polar surface area (TPSA) is 63.7 Å². The van der Waals surface area contributed by atoms with Crippen LogP contribution in [0.2, 0.25) is 0 Å². The van der Waals surface area contributed by atoms with Gasteiger partial charge in [0.15, 0.2) is 11.5 Å². The van der Waals surface area contributed by atoms with Crippen LogP contribution < -0.4 is 19.7 Å². The Bertz CT molecular complexity index is 1010. The molecule has 0 unspecified atom stereocenters. The van der Waals surface area contributed by atoms with Crippen molar-refractivity contribution in [1.82, 2.24) is 4.98 Å². The summed E-state index contributed by atoms with van der Waals surface area (Å²) >= 11 is 1.34. The average molecular weight is 381 g/mol. The zero-order valence-corrected chi connectivity index (χ0v) is 15.6.